The minimum absolute atomic E-state index is 0.135. The lowest BCUT2D eigenvalue weighted by Crippen LogP contribution is -2.38. The smallest absolute Gasteiger partial charge is 0.226 e. The van der Waals surface area contributed by atoms with Crippen LogP contribution in [0.4, 0.5) is 0 Å². The van der Waals surface area contributed by atoms with Gasteiger partial charge in [0, 0.05) is 12.5 Å². The molecule has 1 saturated heterocycles. The highest BCUT2D eigenvalue weighted by Gasteiger charge is 2.39. The van der Waals surface area contributed by atoms with Gasteiger partial charge in [-0.25, -0.2) is 0 Å². The van der Waals surface area contributed by atoms with Crippen LogP contribution in [0.15, 0.2) is 24.3 Å². The maximum Gasteiger partial charge on any atom is 0.226 e. The molecule has 1 aliphatic carbocycles. The maximum atomic E-state index is 13.0. The third kappa shape index (κ3) is 2.84. The first-order valence-electron chi connectivity index (χ1n) is 8.39. The van der Waals surface area contributed by atoms with Crippen LogP contribution in [0, 0.1) is 11.8 Å². The van der Waals surface area contributed by atoms with Gasteiger partial charge in [0.25, 0.3) is 0 Å². The number of nitrogens with two attached hydrogens (primary N) is 1. The van der Waals surface area contributed by atoms with Crippen LogP contribution in [0.3, 0.4) is 0 Å². The molecule has 22 heavy (non-hydrogen) atoms. The van der Waals surface area contributed by atoms with Crippen molar-refractivity contribution in [3.05, 3.63) is 29.8 Å². The zero-order chi connectivity index (χ0) is 15.5. The van der Waals surface area contributed by atoms with Crippen molar-refractivity contribution in [2.24, 2.45) is 17.6 Å². The van der Waals surface area contributed by atoms with E-state index in [0.717, 1.165) is 44.4 Å². The number of ether oxygens (including phenoxy) is 1. The summed E-state index contributed by atoms with van der Waals surface area (Å²) in [5.41, 5.74) is 7.04. The second-order valence-corrected chi connectivity index (χ2v) is 6.50. The molecule has 1 saturated carbocycles. The van der Waals surface area contributed by atoms with Gasteiger partial charge in [-0.1, -0.05) is 18.6 Å². The van der Waals surface area contributed by atoms with E-state index in [1.165, 1.54) is 5.56 Å². The minimum Gasteiger partial charge on any atom is -0.497 e. The van der Waals surface area contributed by atoms with Crippen molar-refractivity contribution < 1.29 is 9.53 Å². The van der Waals surface area contributed by atoms with Gasteiger partial charge in [0.05, 0.1) is 13.2 Å². The number of likely N-dealkylation sites (tertiary alicyclic amines) is 1. The van der Waals surface area contributed by atoms with Gasteiger partial charge < -0.3 is 15.4 Å². The molecule has 3 atom stereocenters. The van der Waals surface area contributed by atoms with Crippen molar-refractivity contribution in [3.63, 3.8) is 0 Å². The molecule has 0 spiro atoms. The zero-order valence-electron chi connectivity index (χ0n) is 13.3. The Kier molecular flexibility index (Phi) is 4.67. The molecule has 1 unspecified atom stereocenters. The molecule has 2 aliphatic rings. The number of hydrogen-bond acceptors (Lipinski definition) is 3. The Hall–Kier alpha value is -1.55. The van der Waals surface area contributed by atoms with Gasteiger partial charge in [-0.2, -0.15) is 0 Å². The molecule has 1 aromatic rings. The molecule has 4 nitrogen and oxygen atoms in total. The Morgan fingerprint density at radius 1 is 1.32 bits per heavy atom. The molecule has 0 bridgehead atoms. The number of carbonyl (C=O) groups excluding carboxylic acids is 1. The van der Waals surface area contributed by atoms with Gasteiger partial charge >= 0.3 is 0 Å². The van der Waals surface area contributed by atoms with E-state index in [4.69, 9.17) is 10.5 Å². The van der Waals surface area contributed by atoms with E-state index in [9.17, 15) is 4.79 Å². The minimum atomic E-state index is 0.135. The number of benzene rings is 1. The zero-order valence-corrected chi connectivity index (χ0v) is 13.3. The summed E-state index contributed by atoms with van der Waals surface area (Å²) >= 11 is 0. The monoisotopic (exact) mass is 302 g/mol. The maximum absolute atomic E-state index is 13.0. The lowest BCUT2D eigenvalue weighted by molar-refractivity contribution is -0.137. The van der Waals surface area contributed by atoms with Crippen LogP contribution in [0.1, 0.15) is 43.7 Å². The van der Waals surface area contributed by atoms with Crippen LogP contribution in [0.25, 0.3) is 0 Å². The Bertz CT molecular complexity index is 532. The van der Waals surface area contributed by atoms with Crippen LogP contribution in [0.2, 0.25) is 0 Å². The average Bonchev–Trinajstić information content (AvgIpc) is 3.23. The molecule has 1 amide bonds. The van der Waals surface area contributed by atoms with E-state index in [1.807, 2.05) is 12.1 Å². The van der Waals surface area contributed by atoms with Gasteiger partial charge in [0.15, 0.2) is 0 Å². The quantitative estimate of drug-likeness (QED) is 0.930. The molecule has 4 heteroatoms. The molecule has 3 rings (SSSR count). The van der Waals surface area contributed by atoms with Crippen molar-refractivity contribution in [1.82, 2.24) is 4.90 Å². The molecule has 120 valence electrons. The van der Waals surface area contributed by atoms with E-state index in [0.29, 0.717) is 18.4 Å². The van der Waals surface area contributed by atoms with Crippen molar-refractivity contribution in [3.8, 4) is 5.75 Å². The van der Waals surface area contributed by atoms with E-state index >= 15 is 0 Å². The summed E-state index contributed by atoms with van der Waals surface area (Å²) in [6.45, 7) is 1.50. The van der Waals surface area contributed by atoms with Gasteiger partial charge in [-0.15, -0.1) is 0 Å². The second kappa shape index (κ2) is 6.69. The first-order valence-corrected chi connectivity index (χ1v) is 8.39. The van der Waals surface area contributed by atoms with E-state index in [1.54, 1.807) is 7.11 Å². The highest BCUT2D eigenvalue weighted by atomic mass is 16.5. The lowest BCUT2D eigenvalue weighted by atomic mass is 9.94. The normalized spacial score (nSPS) is 28.1. The molecule has 2 N–H and O–H groups in total. The van der Waals surface area contributed by atoms with Crippen molar-refractivity contribution in [2.45, 2.75) is 38.1 Å². The fourth-order valence-electron chi connectivity index (χ4n) is 4.08. The predicted molar refractivity (Wildman–Crippen MR) is 86.6 cm³/mol. The molecule has 1 aromatic carbocycles. The second-order valence-electron chi connectivity index (χ2n) is 6.50. The Balaban J connectivity index is 1.79. The van der Waals surface area contributed by atoms with Crippen molar-refractivity contribution in [1.29, 1.82) is 0 Å². The molecule has 2 fully saturated rings. The Morgan fingerprint density at radius 2 is 2.18 bits per heavy atom. The fourth-order valence-corrected chi connectivity index (χ4v) is 4.08. The molecule has 1 heterocycles. The SMILES string of the molecule is COc1cccc(C2CCCN2C(=O)[C@@H]2CCC[C@@H]2CN)c1. The third-order valence-corrected chi connectivity index (χ3v) is 5.29. The molecular weight excluding hydrogens is 276 g/mol. The number of rotatable bonds is 4. The van der Waals surface area contributed by atoms with Gasteiger partial charge in [-0.05, 0) is 55.8 Å². The van der Waals surface area contributed by atoms with Gasteiger partial charge in [-0.3, -0.25) is 4.79 Å². The fraction of sp³-hybridized carbons (Fsp3) is 0.611. The standard InChI is InChI=1S/C18H26N2O2/c1-22-15-7-2-5-13(11-15)17-9-4-10-20(17)18(21)16-8-3-6-14(16)12-19/h2,5,7,11,14,16-17H,3-4,6,8-10,12,19H2,1H3/t14-,16-,17?/m1/s1. The number of methoxy groups -OCH3 is 1. The topological polar surface area (TPSA) is 55.6 Å². The molecule has 0 aromatic heterocycles. The summed E-state index contributed by atoms with van der Waals surface area (Å²) in [6.07, 6.45) is 5.36. The lowest BCUT2D eigenvalue weighted by Gasteiger charge is -2.30. The first-order chi connectivity index (χ1) is 10.7. The van der Waals surface area contributed by atoms with E-state index < -0.39 is 0 Å². The third-order valence-electron chi connectivity index (χ3n) is 5.29. The molecular formula is C18H26N2O2. The van der Waals surface area contributed by atoms with Crippen LogP contribution < -0.4 is 10.5 Å². The molecule has 0 radical (unpaired) electrons. The van der Waals surface area contributed by atoms with E-state index in [2.05, 4.69) is 17.0 Å². The van der Waals surface area contributed by atoms with Gasteiger partial charge in [0.1, 0.15) is 5.75 Å². The average molecular weight is 302 g/mol. The Labute approximate surface area is 132 Å². The highest BCUT2D eigenvalue weighted by molar-refractivity contribution is 5.80. The van der Waals surface area contributed by atoms with E-state index in [-0.39, 0.29) is 12.0 Å². The summed E-state index contributed by atoms with van der Waals surface area (Å²) < 4.78 is 5.32. The summed E-state index contributed by atoms with van der Waals surface area (Å²) in [5.74, 6) is 1.69. The highest BCUT2D eigenvalue weighted by Crippen LogP contribution is 2.39. The summed E-state index contributed by atoms with van der Waals surface area (Å²) in [4.78, 5) is 15.1. The largest absolute Gasteiger partial charge is 0.497 e. The van der Waals surface area contributed by atoms with Crippen LogP contribution in [0.5, 0.6) is 5.75 Å². The summed E-state index contributed by atoms with van der Waals surface area (Å²) in [6, 6.07) is 8.32. The predicted octanol–water partition coefficient (Wildman–Crippen LogP) is 2.73. The van der Waals surface area contributed by atoms with Crippen molar-refractivity contribution >= 4 is 5.91 Å². The number of amides is 1. The first kappa shape index (κ1) is 15.3. The summed E-state index contributed by atoms with van der Waals surface area (Å²) in [7, 11) is 1.68. The van der Waals surface area contributed by atoms with Crippen LogP contribution in [-0.4, -0.2) is 31.0 Å². The van der Waals surface area contributed by atoms with Crippen LogP contribution >= 0.6 is 0 Å². The van der Waals surface area contributed by atoms with Gasteiger partial charge in [0.2, 0.25) is 5.91 Å². The number of carbonyl (C=O) groups is 1. The number of hydrogen-bond donors (Lipinski definition) is 1. The van der Waals surface area contributed by atoms with Crippen molar-refractivity contribution in [2.75, 3.05) is 20.2 Å². The molecule has 1 aliphatic heterocycles. The number of nitrogens with zero attached hydrogens (tertiary/aromatic N) is 1. The summed E-state index contributed by atoms with van der Waals surface area (Å²) in [5, 5.41) is 0. The Morgan fingerprint density at radius 3 is 2.95 bits per heavy atom. The van der Waals surface area contributed by atoms with Crippen LogP contribution in [-0.2, 0) is 4.79 Å².